The third kappa shape index (κ3) is 2.16. The Morgan fingerprint density at radius 1 is 0.783 bits per heavy atom. The molecule has 4 rings (SSSR count). The number of rotatable bonds is 2. The average molecular weight is 301 g/mol. The zero-order chi connectivity index (χ0) is 15.8. The second-order valence-corrected chi connectivity index (χ2v) is 5.84. The van der Waals surface area contributed by atoms with Crippen molar-refractivity contribution in [2.45, 2.75) is 20.0 Å². The van der Waals surface area contributed by atoms with Crippen molar-refractivity contribution in [2.75, 3.05) is 9.80 Å². The molecule has 0 N–H and O–H groups in total. The number of para-hydroxylation sites is 2. The monoisotopic (exact) mass is 301 g/mol. The maximum absolute atomic E-state index is 4.66. The number of fused-ring (bicyclic) bond motifs is 1. The second kappa shape index (κ2) is 5.43. The molecule has 0 saturated heterocycles. The molecular weight excluding hydrogens is 282 g/mol. The van der Waals surface area contributed by atoms with Gasteiger partial charge in [-0.15, -0.1) is 0 Å². The summed E-state index contributed by atoms with van der Waals surface area (Å²) in [4.78, 5) is 9.32. The van der Waals surface area contributed by atoms with Crippen LogP contribution in [0.3, 0.4) is 0 Å². The molecule has 1 aromatic heterocycles. The maximum Gasteiger partial charge on any atom is 0.158 e. The van der Waals surface area contributed by atoms with E-state index >= 15 is 0 Å². The van der Waals surface area contributed by atoms with Crippen LogP contribution in [-0.4, -0.2) is 11.1 Å². The lowest BCUT2D eigenvalue weighted by molar-refractivity contribution is 0.755. The molecule has 0 radical (unpaired) electrons. The van der Waals surface area contributed by atoms with E-state index in [0.29, 0.717) is 0 Å². The fraction of sp³-hybridized carbons (Fsp3) is 0.150. The van der Waals surface area contributed by atoms with Crippen molar-refractivity contribution in [1.82, 2.24) is 4.98 Å². The molecule has 0 fully saturated rings. The zero-order valence-electron chi connectivity index (χ0n) is 13.3. The minimum Gasteiger partial charge on any atom is -0.317 e. The van der Waals surface area contributed by atoms with E-state index in [1.807, 2.05) is 18.3 Å². The fourth-order valence-electron chi connectivity index (χ4n) is 3.35. The molecule has 2 aromatic carbocycles. The molecule has 0 amide bonds. The third-order valence-electron chi connectivity index (χ3n) is 4.41. The van der Waals surface area contributed by atoms with Crippen molar-refractivity contribution >= 4 is 22.9 Å². The minimum atomic E-state index is 0.170. The average Bonchev–Trinajstić information content (AvgIpc) is 2.88. The van der Waals surface area contributed by atoms with Crippen LogP contribution < -0.4 is 9.80 Å². The van der Waals surface area contributed by atoms with Gasteiger partial charge in [-0.05, 0) is 49.7 Å². The molecule has 1 aliphatic heterocycles. The number of aromatic nitrogens is 1. The lowest BCUT2D eigenvalue weighted by atomic mass is 10.1. The van der Waals surface area contributed by atoms with Gasteiger partial charge in [-0.25, -0.2) is 4.98 Å². The number of anilines is 4. The van der Waals surface area contributed by atoms with Crippen LogP contribution in [0.15, 0.2) is 72.9 Å². The summed E-state index contributed by atoms with van der Waals surface area (Å²) in [5.74, 6) is 1.01. The Balaban J connectivity index is 1.89. The first-order valence-corrected chi connectivity index (χ1v) is 7.91. The predicted molar refractivity (Wildman–Crippen MR) is 95.6 cm³/mol. The summed E-state index contributed by atoms with van der Waals surface area (Å²) in [7, 11) is 0. The smallest absolute Gasteiger partial charge is 0.158 e. The summed E-state index contributed by atoms with van der Waals surface area (Å²) in [6.07, 6.45) is 2.03. The van der Waals surface area contributed by atoms with Gasteiger partial charge in [0.2, 0.25) is 0 Å². The van der Waals surface area contributed by atoms with E-state index in [4.69, 9.17) is 0 Å². The van der Waals surface area contributed by atoms with Gasteiger partial charge < -0.3 is 9.80 Å². The van der Waals surface area contributed by atoms with Gasteiger partial charge in [-0.2, -0.15) is 0 Å². The largest absolute Gasteiger partial charge is 0.317 e. The summed E-state index contributed by atoms with van der Waals surface area (Å²) in [5.41, 5.74) is 4.81. The summed E-state index contributed by atoms with van der Waals surface area (Å²) >= 11 is 0. The fourth-order valence-corrected chi connectivity index (χ4v) is 3.35. The number of benzene rings is 2. The first-order valence-electron chi connectivity index (χ1n) is 7.91. The number of aryl methyl sites for hydroxylation is 1. The van der Waals surface area contributed by atoms with Crippen LogP contribution in [0.2, 0.25) is 0 Å². The highest BCUT2D eigenvalue weighted by Gasteiger charge is 2.36. The molecule has 0 bridgehead atoms. The summed E-state index contributed by atoms with van der Waals surface area (Å²) in [6.45, 7) is 4.38. The van der Waals surface area contributed by atoms with Crippen molar-refractivity contribution < 1.29 is 0 Å². The topological polar surface area (TPSA) is 19.4 Å². The highest BCUT2D eigenvalue weighted by atomic mass is 15.4. The SMILES string of the molecule is Cc1ccccc1N1c2cccnc2N(c2ccccc2)[C@@H]1C. The van der Waals surface area contributed by atoms with Crippen molar-refractivity contribution in [3.05, 3.63) is 78.5 Å². The van der Waals surface area contributed by atoms with Crippen LogP contribution in [0.25, 0.3) is 0 Å². The molecule has 3 nitrogen and oxygen atoms in total. The molecular formula is C20H19N3. The molecule has 114 valence electrons. The Labute approximate surface area is 136 Å². The van der Waals surface area contributed by atoms with E-state index in [1.54, 1.807) is 0 Å². The number of nitrogens with zero attached hydrogens (tertiary/aromatic N) is 3. The Hall–Kier alpha value is -2.81. The van der Waals surface area contributed by atoms with Gasteiger partial charge in [-0.1, -0.05) is 36.4 Å². The Morgan fingerprint density at radius 2 is 1.48 bits per heavy atom. The Kier molecular flexibility index (Phi) is 3.27. The highest BCUT2D eigenvalue weighted by molar-refractivity contribution is 5.86. The van der Waals surface area contributed by atoms with E-state index < -0.39 is 0 Å². The molecule has 0 saturated carbocycles. The van der Waals surface area contributed by atoms with Crippen molar-refractivity contribution in [3.63, 3.8) is 0 Å². The first kappa shape index (κ1) is 13.8. The van der Waals surface area contributed by atoms with Gasteiger partial charge in [0.25, 0.3) is 0 Å². The highest BCUT2D eigenvalue weighted by Crippen LogP contribution is 2.46. The first-order chi connectivity index (χ1) is 11.3. The van der Waals surface area contributed by atoms with Crippen molar-refractivity contribution in [1.29, 1.82) is 0 Å². The summed E-state index contributed by atoms with van der Waals surface area (Å²) < 4.78 is 0. The molecule has 3 heteroatoms. The van der Waals surface area contributed by atoms with Gasteiger partial charge in [0.05, 0.1) is 5.69 Å². The molecule has 1 atom stereocenters. The van der Waals surface area contributed by atoms with Crippen LogP contribution in [0.5, 0.6) is 0 Å². The van der Waals surface area contributed by atoms with Crippen molar-refractivity contribution in [2.24, 2.45) is 0 Å². The van der Waals surface area contributed by atoms with Gasteiger partial charge in [-0.3, -0.25) is 0 Å². The Morgan fingerprint density at radius 3 is 2.26 bits per heavy atom. The summed E-state index contributed by atoms with van der Waals surface area (Å²) in [6, 6.07) is 23.1. The molecule has 2 heterocycles. The number of hydrogen-bond acceptors (Lipinski definition) is 3. The lowest BCUT2D eigenvalue weighted by Crippen LogP contribution is -2.35. The molecule has 0 aliphatic carbocycles. The van der Waals surface area contributed by atoms with Crippen LogP contribution in [0.4, 0.5) is 22.9 Å². The van der Waals surface area contributed by atoms with Gasteiger partial charge >= 0.3 is 0 Å². The quantitative estimate of drug-likeness (QED) is 0.662. The normalized spacial score (nSPS) is 16.5. The zero-order valence-corrected chi connectivity index (χ0v) is 13.3. The number of hydrogen-bond donors (Lipinski definition) is 0. The van der Waals surface area contributed by atoms with Gasteiger partial charge in [0, 0.05) is 17.6 Å². The summed E-state index contributed by atoms with van der Waals surface area (Å²) in [5, 5.41) is 0. The van der Waals surface area contributed by atoms with Gasteiger partial charge in [0.1, 0.15) is 6.17 Å². The van der Waals surface area contributed by atoms with Gasteiger partial charge in [0.15, 0.2) is 5.82 Å². The maximum atomic E-state index is 4.66. The van der Waals surface area contributed by atoms with E-state index in [0.717, 1.165) is 17.2 Å². The third-order valence-corrected chi connectivity index (χ3v) is 4.41. The van der Waals surface area contributed by atoms with E-state index in [2.05, 4.69) is 83.2 Å². The molecule has 0 spiro atoms. The molecule has 23 heavy (non-hydrogen) atoms. The minimum absolute atomic E-state index is 0.170. The van der Waals surface area contributed by atoms with E-state index in [9.17, 15) is 0 Å². The molecule has 3 aromatic rings. The van der Waals surface area contributed by atoms with E-state index in [1.165, 1.54) is 11.3 Å². The number of pyridine rings is 1. The second-order valence-electron chi connectivity index (χ2n) is 5.84. The molecule has 0 unspecified atom stereocenters. The van der Waals surface area contributed by atoms with E-state index in [-0.39, 0.29) is 6.17 Å². The van der Waals surface area contributed by atoms with Crippen LogP contribution in [-0.2, 0) is 0 Å². The standard InChI is InChI=1S/C20H19N3/c1-15-9-6-7-12-18(15)23-16(2)22(17-10-4-3-5-11-17)20-19(23)13-8-14-21-20/h3-14,16H,1-2H3/t16-/m0/s1. The Bertz CT molecular complexity index is 829. The van der Waals surface area contributed by atoms with Crippen LogP contribution in [0, 0.1) is 6.92 Å². The van der Waals surface area contributed by atoms with Crippen LogP contribution >= 0.6 is 0 Å². The predicted octanol–water partition coefficient (Wildman–Crippen LogP) is 5.03. The van der Waals surface area contributed by atoms with Crippen LogP contribution in [0.1, 0.15) is 12.5 Å². The van der Waals surface area contributed by atoms with Crippen molar-refractivity contribution in [3.8, 4) is 0 Å². The molecule has 1 aliphatic rings. The lowest BCUT2D eigenvalue weighted by Gasteiger charge is -2.30.